The van der Waals surface area contributed by atoms with Crippen LogP contribution in [0.1, 0.15) is 22.0 Å². The molecule has 1 unspecified atom stereocenters. The standard InChI is InChI=1S/C19H17Cl2NO4/c20-14-5-4-12(10-15(14)21)17-11-22(6-7-24-17)19(23)13-2-1-3-16-18(13)26-9-8-25-16/h1-5,10,17H,6-9,11H2. The Morgan fingerprint density at radius 2 is 1.88 bits per heavy atom. The quantitative estimate of drug-likeness (QED) is 0.773. The van der Waals surface area contributed by atoms with E-state index in [0.717, 1.165) is 5.56 Å². The molecule has 2 aliphatic rings. The molecule has 0 saturated carbocycles. The number of morpholine rings is 1. The maximum Gasteiger partial charge on any atom is 0.257 e. The van der Waals surface area contributed by atoms with Gasteiger partial charge >= 0.3 is 0 Å². The summed E-state index contributed by atoms with van der Waals surface area (Å²) in [7, 11) is 0. The summed E-state index contributed by atoms with van der Waals surface area (Å²) in [6.45, 7) is 2.32. The average Bonchev–Trinajstić information content (AvgIpc) is 2.69. The smallest absolute Gasteiger partial charge is 0.257 e. The molecule has 2 aromatic carbocycles. The Kier molecular flexibility index (Phi) is 4.94. The first kappa shape index (κ1) is 17.5. The van der Waals surface area contributed by atoms with Crippen LogP contribution in [0.25, 0.3) is 0 Å². The Hall–Kier alpha value is -1.95. The molecular formula is C19H17Cl2NO4. The molecule has 0 radical (unpaired) electrons. The fraction of sp³-hybridized carbons (Fsp3) is 0.316. The van der Waals surface area contributed by atoms with Crippen molar-refractivity contribution in [1.82, 2.24) is 4.90 Å². The zero-order valence-electron chi connectivity index (χ0n) is 13.9. The number of amides is 1. The lowest BCUT2D eigenvalue weighted by molar-refractivity contribution is -0.0229. The van der Waals surface area contributed by atoms with Gasteiger partial charge in [0.1, 0.15) is 19.3 Å². The Morgan fingerprint density at radius 3 is 2.73 bits per heavy atom. The highest BCUT2D eigenvalue weighted by Gasteiger charge is 2.29. The van der Waals surface area contributed by atoms with E-state index in [4.69, 9.17) is 37.4 Å². The molecule has 0 spiro atoms. The van der Waals surface area contributed by atoms with Crippen molar-refractivity contribution in [2.75, 3.05) is 32.9 Å². The molecule has 0 N–H and O–H groups in total. The van der Waals surface area contributed by atoms with Gasteiger partial charge in [-0.2, -0.15) is 0 Å². The van der Waals surface area contributed by atoms with Crippen LogP contribution in [-0.2, 0) is 4.74 Å². The van der Waals surface area contributed by atoms with Crippen LogP contribution < -0.4 is 9.47 Å². The summed E-state index contributed by atoms with van der Waals surface area (Å²) in [5.41, 5.74) is 1.41. The van der Waals surface area contributed by atoms with E-state index in [2.05, 4.69) is 0 Å². The van der Waals surface area contributed by atoms with Gasteiger partial charge in [0, 0.05) is 6.54 Å². The summed E-state index contributed by atoms with van der Waals surface area (Å²) in [4.78, 5) is 14.8. The lowest BCUT2D eigenvalue weighted by Crippen LogP contribution is -2.42. The molecule has 2 heterocycles. The monoisotopic (exact) mass is 393 g/mol. The molecular weight excluding hydrogens is 377 g/mol. The maximum atomic E-state index is 13.1. The van der Waals surface area contributed by atoms with Crippen molar-refractivity contribution < 1.29 is 19.0 Å². The first-order valence-electron chi connectivity index (χ1n) is 8.38. The Labute approximate surface area is 161 Å². The minimum Gasteiger partial charge on any atom is -0.486 e. The first-order valence-corrected chi connectivity index (χ1v) is 9.13. The molecule has 2 aromatic rings. The number of hydrogen-bond donors (Lipinski definition) is 0. The van der Waals surface area contributed by atoms with Gasteiger partial charge in [0.05, 0.1) is 28.8 Å². The number of fused-ring (bicyclic) bond motifs is 1. The maximum absolute atomic E-state index is 13.1. The number of rotatable bonds is 2. The van der Waals surface area contributed by atoms with Gasteiger partial charge < -0.3 is 19.1 Å². The molecule has 7 heteroatoms. The lowest BCUT2D eigenvalue weighted by Gasteiger charge is -2.34. The summed E-state index contributed by atoms with van der Waals surface area (Å²) in [6.07, 6.45) is -0.251. The Morgan fingerprint density at radius 1 is 1.04 bits per heavy atom. The molecule has 0 aromatic heterocycles. The second-order valence-electron chi connectivity index (χ2n) is 6.11. The molecule has 4 rings (SSSR count). The average molecular weight is 394 g/mol. The number of carbonyl (C=O) groups is 1. The molecule has 1 saturated heterocycles. The molecule has 1 amide bonds. The third-order valence-electron chi connectivity index (χ3n) is 4.47. The second kappa shape index (κ2) is 7.35. The van der Waals surface area contributed by atoms with E-state index < -0.39 is 0 Å². The minimum atomic E-state index is -0.251. The van der Waals surface area contributed by atoms with Crippen molar-refractivity contribution in [1.29, 1.82) is 0 Å². The van der Waals surface area contributed by atoms with Gasteiger partial charge in [0.25, 0.3) is 5.91 Å². The van der Waals surface area contributed by atoms with Gasteiger partial charge in [-0.1, -0.05) is 35.3 Å². The predicted octanol–water partition coefficient (Wildman–Crippen LogP) is 3.98. The van der Waals surface area contributed by atoms with Gasteiger partial charge in [-0.3, -0.25) is 4.79 Å². The summed E-state index contributed by atoms with van der Waals surface area (Å²) >= 11 is 12.1. The van der Waals surface area contributed by atoms with E-state index in [1.807, 2.05) is 12.1 Å². The van der Waals surface area contributed by atoms with Crippen LogP contribution in [0, 0.1) is 0 Å². The Bertz CT molecular complexity index is 842. The molecule has 1 fully saturated rings. The third-order valence-corrected chi connectivity index (χ3v) is 5.20. The largest absolute Gasteiger partial charge is 0.486 e. The summed E-state index contributed by atoms with van der Waals surface area (Å²) in [6, 6.07) is 10.8. The predicted molar refractivity (Wildman–Crippen MR) is 98.5 cm³/mol. The fourth-order valence-corrected chi connectivity index (χ4v) is 3.47. The van der Waals surface area contributed by atoms with Gasteiger partial charge in [-0.25, -0.2) is 0 Å². The van der Waals surface area contributed by atoms with Gasteiger partial charge in [0.2, 0.25) is 0 Å². The zero-order valence-corrected chi connectivity index (χ0v) is 15.4. The van der Waals surface area contributed by atoms with Gasteiger partial charge in [0.15, 0.2) is 11.5 Å². The molecule has 0 bridgehead atoms. The fourth-order valence-electron chi connectivity index (χ4n) is 3.16. The normalized spacial score (nSPS) is 19.3. The van der Waals surface area contributed by atoms with Crippen LogP contribution in [0.5, 0.6) is 11.5 Å². The molecule has 0 aliphatic carbocycles. The molecule has 5 nitrogen and oxygen atoms in total. The lowest BCUT2D eigenvalue weighted by atomic mass is 10.1. The summed E-state index contributed by atoms with van der Waals surface area (Å²) in [5.74, 6) is 1.03. The topological polar surface area (TPSA) is 48.0 Å². The SMILES string of the molecule is O=C(c1cccc2c1OCCO2)N1CCOC(c2ccc(Cl)c(Cl)c2)C1. The number of para-hydroxylation sites is 1. The van der Waals surface area contributed by atoms with Crippen molar-refractivity contribution in [2.24, 2.45) is 0 Å². The number of halogens is 2. The number of nitrogens with zero attached hydrogens (tertiary/aromatic N) is 1. The molecule has 136 valence electrons. The highest BCUT2D eigenvalue weighted by Crippen LogP contribution is 2.35. The highest BCUT2D eigenvalue weighted by atomic mass is 35.5. The van der Waals surface area contributed by atoms with E-state index in [9.17, 15) is 4.79 Å². The summed E-state index contributed by atoms with van der Waals surface area (Å²) < 4.78 is 17.1. The van der Waals surface area contributed by atoms with Crippen molar-refractivity contribution in [3.05, 3.63) is 57.6 Å². The second-order valence-corrected chi connectivity index (χ2v) is 6.93. The summed E-state index contributed by atoms with van der Waals surface area (Å²) in [5, 5.41) is 0.964. The molecule has 1 atom stereocenters. The van der Waals surface area contributed by atoms with Crippen LogP contribution in [0.15, 0.2) is 36.4 Å². The van der Waals surface area contributed by atoms with E-state index in [1.165, 1.54) is 0 Å². The van der Waals surface area contributed by atoms with Crippen molar-refractivity contribution in [2.45, 2.75) is 6.10 Å². The number of benzene rings is 2. The van der Waals surface area contributed by atoms with Crippen LogP contribution in [0.3, 0.4) is 0 Å². The Balaban J connectivity index is 1.56. The van der Waals surface area contributed by atoms with Crippen molar-refractivity contribution >= 4 is 29.1 Å². The molecule has 2 aliphatic heterocycles. The number of ether oxygens (including phenoxy) is 3. The van der Waals surface area contributed by atoms with Crippen molar-refractivity contribution in [3.63, 3.8) is 0 Å². The highest BCUT2D eigenvalue weighted by molar-refractivity contribution is 6.42. The third kappa shape index (κ3) is 3.34. The van der Waals surface area contributed by atoms with E-state index >= 15 is 0 Å². The van der Waals surface area contributed by atoms with Crippen LogP contribution in [0.2, 0.25) is 10.0 Å². The number of carbonyl (C=O) groups excluding carboxylic acids is 1. The minimum absolute atomic E-state index is 0.0966. The van der Waals surface area contributed by atoms with Crippen molar-refractivity contribution in [3.8, 4) is 11.5 Å². The van der Waals surface area contributed by atoms with Gasteiger partial charge in [-0.05, 0) is 29.8 Å². The zero-order chi connectivity index (χ0) is 18.1. The number of hydrogen-bond acceptors (Lipinski definition) is 4. The first-order chi connectivity index (χ1) is 12.6. The molecule has 26 heavy (non-hydrogen) atoms. The van der Waals surface area contributed by atoms with Crippen LogP contribution >= 0.6 is 23.2 Å². The van der Waals surface area contributed by atoms with Crippen LogP contribution in [-0.4, -0.2) is 43.7 Å². The van der Waals surface area contributed by atoms with Crippen LogP contribution in [0.4, 0.5) is 0 Å². The van der Waals surface area contributed by atoms with E-state index in [1.54, 1.807) is 29.2 Å². The van der Waals surface area contributed by atoms with E-state index in [-0.39, 0.29) is 12.0 Å². The van der Waals surface area contributed by atoms with Gasteiger partial charge in [-0.15, -0.1) is 0 Å². The van der Waals surface area contributed by atoms with E-state index in [0.29, 0.717) is 60.0 Å².